The number of hydrogen-bond donors (Lipinski definition) is 1. The average molecular weight is 435 g/mol. The van der Waals surface area contributed by atoms with Crippen molar-refractivity contribution in [3.05, 3.63) is 68.7 Å². The van der Waals surface area contributed by atoms with Crippen molar-refractivity contribution >= 4 is 35.0 Å². The van der Waals surface area contributed by atoms with Crippen LogP contribution in [0.4, 0.5) is 0 Å². The first-order chi connectivity index (χ1) is 13.7. The summed E-state index contributed by atoms with van der Waals surface area (Å²) in [5.41, 5.74) is 3.76. The minimum atomic E-state index is -0.646. The fraction of sp³-hybridized carbons (Fsp3) is 0.391. The molecular formula is C23H28Cl2N2O2. The number of hydrogen-bond acceptors (Lipinski definition) is 2. The van der Waals surface area contributed by atoms with Gasteiger partial charge in [-0.2, -0.15) is 0 Å². The molecule has 6 heteroatoms. The minimum absolute atomic E-state index is 0.148. The summed E-state index contributed by atoms with van der Waals surface area (Å²) in [6, 6.07) is 10.6. The zero-order chi connectivity index (χ0) is 21.6. The zero-order valence-electron chi connectivity index (χ0n) is 17.4. The lowest BCUT2D eigenvalue weighted by Crippen LogP contribution is -2.48. The number of carbonyl (C=O) groups is 2. The van der Waals surface area contributed by atoms with Gasteiger partial charge in [0.2, 0.25) is 11.8 Å². The van der Waals surface area contributed by atoms with Crippen molar-refractivity contribution < 1.29 is 9.59 Å². The lowest BCUT2D eigenvalue weighted by Gasteiger charge is -2.29. The third-order valence-corrected chi connectivity index (χ3v) is 5.45. The highest BCUT2D eigenvalue weighted by Crippen LogP contribution is 2.27. The number of aryl methyl sites for hydroxylation is 2. The Hall–Kier alpha value is -2.04. The summed E-state index contributed by atoms with van der Waals surface area (Å²) in [6.45, 7) is 8.46. The second-order valence-corrected chi connectivity index (χ2v) is 8.18. The van der Waals surface area contributed by atoms with Gasteiger partial charge in [-0.15, -0.1) is 0 Å². The highest BCUT2D eigenvalue weighted by Gasteiger charge is 2.27. The maximum absolute atomic E-state index is 13.2. The normalized spacial score (nSPS) is 11.8. The molecule has 2 aromatic carbocycles. The van der Waals surface area contributed by atoms with E-state index in [0.29, 0.717) is 22.2 Å². The third kappa shape index (κ3) is 6.48. The van der Waals surface area contributed by atoms with Crippen LogP contribution in [0.2, 0.25) is 10.0 Å². The maximum Gasteiger partial charge on any atom is 0.242 e. The van der Waals surface area contributed by atoms with Gasteiger partial charge >= 0.3 is 0 Å². The number of rotatable bonds is 8. The van der Waals surface area contributed by atoms with Gasteiger partial charge in [-0.1, -0.05) is 65.5 Å². The van der Waals surface area contributed by atoms with Gasteiger partial charge in [0, 0.05) is 28.7 Å². The Morgan fingerprint density at radius 3 is 2.21 bits per heavy atom. The van der Waals surface area contributed by atoms with Crippen LogP contribution in [-0.4, -0.2) is 29.3 Å². The fourth-order valence-corrected chi connectivity index (χ4v) is 3.80. The topological polar surface area (TPSA) is 49.4 Å². The van der Waals surface area contributed by atoms with Gasteiger partial charge in [-0.25, -0.2) is 0 Å². The van der Waals surface area contributed by atoms with Crippen LogP contribution in [0.15, 0.2) is 36.4 Å². The lowest BCUT2D eigenvalue weighted by atomic mass is 10.0. The first-order valence-electron chi connectivity index (χ1n) is 9.80. The summed E-state index contributed by atoms with van der Waals surface area (Å²) < 4.78 is 0. The number of nitrogens with zero attached hydrogens (tertiary/aromatic N) is 1. The second-order valence-electron chi connectivity index (χ2n) is 7.36. The molecule has 29 heavy (non-hydrogen) atoms. The molecular weight excluding hydrogens is 407 g/mol. The third-order valence-electron chi connectivity index (χ3n) is 4.74. The van der Waals surface area contributed by atoms with Crippen LogP contribution in [0.1, 0.15) is 42.5 Å². The molecule has 0 heterocycles. The largest absolute Gasteiger partial charge is 0.354 e. The van der Waals surface area contributed by atoms with Gasteiger partial charge in [-0.05, 0) is 44.9 Å². The van der Waals surface area contributed by atoms with E-state index in [2.05, 4.69) is 11.4 Å². The van der Waals surface area contributed by atoms with Crippen molar-refractivity contribution in [1.82, 2.24) is 10.2 Å². The molecule has 0 aliphatic heterocycles. The van der Waals surface area contributed by atoms with Gasteiger partial charge in [0.25, 0.3) is 0 Å². The quantitative estimate of drug-likeness (QED) is 0.628. The first kappa shape index (κ1) is 23.2. The molecule has 0 aromatic heterocycles. The maximum atomic E-state index is 13.2. The van der Waals surface area contributed by atoms with E-state index in [9.17, 15) is 9.59 Å². The molecule has 1 atom stereocenters. The molecule has 2 amide bonds. The molecule has 0 fully saturated rings. The molecule has 0 radical (unpaired) electrons. The average Bonchev–Trinajstić information content (AvgIpc) is 2.64. The van der Waals surface area contributed by atoms with Gasteiger partial charge in [-0.3, -0.25) is 9.59 Å². The summed E-state index contributed by atoms with van der Waals surface area (Å²) in [6.07, 6.45) is 1.03. The molecule has 4 nitrogen and oxygen atoms in total. The van der Waals surface area contributed by atoms with Gasteiger partial charge in [0.15, 0.2) is 0 Å². The molecule has 2 aromatic rings. The van der Waals surface area contributed by atoms with E-state index in [1.54, 1.807) is 30.0 Å². The summed E-state index contributed by atoms with van der Waals surface area (Å²) in [4.78, 5) is 27.4. The van der Waals surface area contributed by atoms with Crippen molar-refractivity contribution in [3.8, 4) is 0 Å². The number of benzene rings is 2. The van der Waals surface area contributed by atoms with Crippen molar-refractivity contribution in [2.24, 2.45) is 0 Å². The van der Waals surface area contributed by atoms with Gasteiger partial charge in [0.1, 0.15) is 6.04 Å². The summed E-state index contributed by atoms with van der Waals surface area (Å²) in [5.74, 6) is -0.339. The van der Waals surface area contributed by atoms with Crippen LogP contribution in [-0.2, 0) is 22.6 Å². The van der Waals surface area contributed by atoms with Crippen LogP contribution >= 0.6 is 23.2 Å². The monoisotopic (exact) mass is 434 g/mol. The molecule has 1 unspecified atom stereocenters. The molecule has 2 rings (SSSR count). The minimum Gasteiger partial charge on any atom is -0.354 e. The van der Waals surface area contributed by atoms with Crippen LogP contribution in [0.5, 0.6) is 0 Å². The molecule has 0 aliphatic carbocycles. The van der Waals surface area contributed by atoms with E-state index in [1.807, 2.05) is 32.9 Å². The Morgan fingerprint density at radius 2 is 1.66 bits per heavy atom. The molecule has 0 aliphatic rings. The van der Waals surface area contributed by atoms with E-state index in [-0.39, 0.29) is 24.8 Å². The molecule has 0 saturated carbocycles. The Morgan fingerprint density at radius 1 is 1.07 bits per heavy atom. The Kier molecular flexibility index (Phi) is 8.54. The van der Waals surface area contributed by atoms with Crippen LogP contribution in [0.3, 0.4) is 0 Å². The summed E-state index contributed by atoms with van der Waals surface area (Å²) >= 11 is 12.6. The van der Waals surface area contributed by atoms with Crippen molar-refractivity contribution in [3.63, 3.8) is 0 Å². The molecule has 0 saturated heterocycles. The smallest absolute Gasteiger partial charge is 0.242 e. The van der Waals surface area contributed by atoms with Crippen molar-refractivity contribution in [1.29, 1.82) is 0 Å². The highest BCUT2D eigenvalue weighted by molar-refractivity contribution is 6.36. The standard InChI is InChI=1S/C23H28Cl2N2O2/c1-5-9-26-23(29)17(4)27(14-19-20(24)7-6-8-21(19)25)22(28)13-18-11-15(2)10-16(3)12-18/h6-8,10-12,17H,5,9,13-14H2,1-4H3,(H,26,29). The second kappa shape index (κ2) is 10.7. The predicted octanol–water partition coefficient (Wildman–Crippen LogP) is 5.10. The number of nitrogens with one attached hydrogen (secondary N) is 1. The van der Waals surface area contributed by atoms with E-state index in [1.165, 1.54) is 0 Å². The van der Waals surface area contributed by atoms with Crippen LogP contribution in [0.25, 0.3) is 0 Å². The van der Waals surface area contributed by atoms with Gasteiger partial charge < -0.3 is 10.2 Å². The lowest BCUT2D eigenvalue weighted by molar-refractivity contribution is -0.140. The molecule has 0 spiro atoms. The number of carbonyl (C=O) groups excluding carboxylic acids is 2. The van der Waals surface area contributed by atoms with Crippen molar-refractivity contribution in [2.75, 3.05) is 6.54 Å². The first-order valence-corrected chi connectivity index (χ1v) is 10.6. The summed E-state index contributed by atoms with van der Waals surface area (Å²) in [7, 11) is 0. The van der Waals surface area contributed by atoms with Crippen LogP contribution < -0.4 is 5.32 Å². The van der Waals surface area contributed by atoms with Gasteiger partial charge in [0.05, 0.1) is 6.42 Å². The van der Waals surface area contributed by atoms with E-state index in [0.717, 1.165) is 23.1 Å². The Labute approximate surface area is 183 Å². The highest BCUT2D eigenvalue weighted by atomic mass is 35.5. The zero-order valence-corrected chi connectivity index (χ0v) is 18.9. The number of amides is 2. The summed E-state index contributed by atoms with van der Waals surface area (Å²) in [5, 5.41) is 3.82. The predicted molar refractivity (Wildman–Crippen MR) is 119 cm³/mol. The van der Waals surface area contributed by atoms with E-state index < -0.39 is 6.04 Å². The van der Waals surface area contributed by atoms with E-state index in [4.69, 9.17) is 23.2 Å². The Bertz CT molecular complexity index is 843. The van der Waals surface area contributed by atoms with E-state index >= 15 is 0 Å². The van der Waals surface area contributed by atoms with Crippen LogP contribution in [0, 0.1) is 13.8 Å². The molecule has 1 N–H and O–H groups in total. The van der Waals surface area contributed by atoms with Crippen molar-refractivity contribution in [2.45, 2.75) is 53.1 Å². The molecule has 0 bridgehead atoms. The number of halogens is 2. The Balaban J connectivity index is 2.32. The fourth-order valence-electron chi connectivity index (χ4n) is 3.28. The molecule has 156 valence electrons. The SMILES string of the molecule is CCCNC(=O)C(C)N(Cc1c(Cl)cccc1Cl)C(=O)Cc1cc(C)cc(C)c1.